The summed E-state index contributed by atoms with van der Waals surface area (Å²) in [6.45, 7) is 2.65. The van der Waals surface area contributed by atoms with Gasteiger partial charge in [-0.1, -0.05) is 29.8 Å². The number of methoxy groups -OCH3 is 2. The number of hydrogen-bond acceptors (Lipinski definition) is 3. The zero-order valence-electron chi connectivity index (χ0n) is 13.5. The number of carbonyl (C=O) groups is 1. The van der Waals surface area contributed by atoms with Crippen molar-refractivity contribution >= 4 is 28.5 Å². The van der Waals surface area contributed by atoms with Gasteiger partial charge in [-0.2, -0.15) is 0 Å². The SMILES string of the molecule is COc1cc(I)c(C(=O)NCCc2cccc(C)c2)cc1OC. The Balaban J connectivity index is 2.03. The van der Waals surface area contributed by atoms with Crippen LogP contribution in [-0.2, 0) is 6.42 Å². The molecule has 0 spiro atoms. The molecule has 2 aromatic rings. The summed E-state index contributed by atoms with van der Waals surface area (Å²) in [6, 6.07) is 11.8. The van der Waals surface area contributed by atoms with Crippen molar-refractivity contribution in [3.8, 4) is 11.5 Å². The van der Waals surface area contributed by atoms with E-state index >= 15 is 0 Å². The molecule has 0 aliphatic heterocycles. The Bertz CT molecular complexity index is 701. The number of rotatable bonds is 6. The number of halogens is 1. The molecule has 0 heterocycles. The second-order valence-corrected chi connectivity index (χ2v) is 6.34. The highest BCUT2D eigenvalue weighted by molar-refractivity contribution is 14.1. The van der Waals surface area contributed by atoms with Crippen LogP contribution in [0.4, 0.5) is 0 Å². The van der Waals surface area contributed by atoms with Crippen molar-refractivity contribution < 1.29 is 14.3 Å². The number of hydrogen-bond donors (Lipinski definition) is 1. The van der Waals surface area contributed by atoms with E-state index in [4.69, 9.17) is 9.47 Å². The van der Waals surface area contributed by atoms with Crippen molar-refractivity contribution in [1.29, 1.82) is 0 Å². The summed E-state index contributed by atoms with van der Waals surface area (Å²) in [4.78, 5) is 12.4. The molecule has 1 amide bonds. The van der Waals surface area contributed by atoms with Crippen molar-refractivity contribution in [2.45, 2.75) is 13.3 Å². The molecule has 1 N–H and O–H groups in total. The van der Waals surface area contributed by atoms with Gasteiger partial charge in [-0.25, -0.2) is 0 Å². The number of benzene rings is 2. The summed E-state index contributed by atoms with van der Waals surface area (Å²) in [6.07, 6.45) is 0.803. The van der Waals surface area contributed by atoms with E-state index in [0.29, 0.717) is 23.6 Å². The molecule has 0 saturated heterocycles. The van der Waals surface area contributed by atoms with E-state index in [0.717, 1.165) is 9.99 Å². The highest BCUT2D eigenvalue weighted by Gasteiger charge is 2.15. The summed E-state index contributed by atoms with van der Waals surface area (Å²) in [5.74, 6) is 1.06. The first kappa shape index (κ1) is 17.6. The molecular weight excluding hydrogens is 405 g/mol. The third kappa shape index (κ3) is 4.60. The van der Waals surface area contributed by atoms with Crippen molar-refractivity contribution in [2.24, 2.45) is 0 Å². The minimum absolute atomic E-state index is 0.108. The van der Waals surface area contributed by atoms with Crippen molar-refractivity contribution in [3.05, 3.63) is 56.7 Å². The van der Waals surface area contributed by atoms with E-state index < -0.39 is 0 Å². The molecule has 4 nitrogen and oxygen atoms in total. The predicted molar refractivity (Wildman–Crippen MR) is 99.5 cm³/mol. The summed E-state index contributed by atoms with van der Waals surface area (Å²) in [5, 5.41) is 2.96. The van der Waals surface area contributed by atoms with Gasteiger partial charge in [0.1, 0.15) is 0 Å². The van der Waals surface area contributed by atoms with E-state index in [-0.39, 0.29) is 5.91 Å². The summed E-state index contributed by atoms with van der Waals surface area (Å²) >= 11 is 2.13. The number of nitrogens with one attached hydrogen (secondary N) is 1. The Labute approximate surface area is 150 Å². The molecule has 0 atom stereocenters. The van der Waals surface area contributed by atoms with Gasteiger partial charge in [0.05, 0.1) is 19.8 Å². The third-order valence-corrected chi connectivity index (χ3v) is 4.39. The summed E-state index contributed by atoms with van der Waals surface area (Å²) in [7, 11) is 3.14. The minimum Gasteiger partial charge on any atom is -0.493 e. The van der Waals surface area contributed by atoms with Gasteiger partial charge in [0, 0.05) is 10.1 Å². The molecular formula is C18H20INO3. The van der Waals surface area contributed by atoms with Crippen LogP contribution in [-0.4, -0.2) is 26.7 Å². The number of aryl methyl sites for hydroxylation is 1. The first-order valence-electron chi connectivity index (χ1n) is 7.30. The van der Waals surface area contributed by atoms with Crippen LogP contribution in [0.25, 0.3) is 0 Å². The summed E-state index contributed by atoms with van der Waals surface area (Å²) in [5.41, 5.74) is 3.03. The molecule has 0 radical (unpaired) electrons. The fourth-order valence-corrected chi connectivity index (χ4v) is 2.99. The Kier molecular flexibility index (Phi) is 6.27. The predicted octanol–water partition coefficient (Wildman–Crippen LogP) is 3.59. The molecule has 0 fully saturated rings. The number of amides is 1. The van der Waals surface area contributed by atoms with E-state index in [9.17, 15) is 4.79 Å². The molecule has 0 aliphatic carbocycles. The fraction of sp³-hybridized carbons (Fsp3) is 0.278. The Morgan fingerprint density at radius 3 is 2.48 bits per heavy atom. The first-order valence-corrected chi connectivity index (χ1v) is 8.38. The van der Waals surface area contributed by atoms with Crippen molar-refractivity contribution in [1.82, 2.24) is 5.32 Å². The van der Waals surface area contributed by atoms with Gasteiger partial charge < -0.3 is 14.8 Å². The van der Waals surface area contributed by atoms with Crippen molar-refractivity contribution in [3.63, 3.8) is 0 Å². The largest absolute Gasteiger partial charge is 0.493 e. The highest BCUT2D eigenvalue weighted by Crippen LogP contribution is 2.31. The van der Waals surface area contributed by atoms with E-state index in [1.165, 1.54) is 11.1 Å². The lowest BCUT2D eigenvalue weighted by Gasteiger charge is -2.12. The average molecular weight is 425 g/mol. The lowest BCUT2D eigenvalue weighted by Crippen LogP contribution is -2.26. The Hall–Kier alpha value is -1.76. The average Bonchev–Trinajstić information content (AvgIpc) is 2.54. The van der Waals surface area contributed by atoms with E-state index in [2.05, 4.69) is 53.0 Å². The normalized spacial score (nSPS) is 10.3. The topological polar surface area (TPSA) is 47.6 Å². The van der Waals surface area contributed by atoms with E-state index in [1.807, 2.05) is 6.07 Å². The van der Waals surface area contributed by atoms with Gasteiger partial charge in [-0.05, 0) is 53.6 Å². The standard InChI is InChI=1S/C18H20INO3/c1-12-5-4-6-13(9-12)7-8-20-18(21)14-10-16(22-2)17(23-3)11-15(14)19/h4-6,9-11H,7-8H2,1-3H3,(H,20,21). The smallest absolute Gasteiger partial charge is 0.252 e. The monoisotopic (exact) mass is 425 g/mol. The van der Waals surface area contributed by atoms with Gasteiger partial charge in [0.25, 0.3) is 5.91 Å². The first-order chi connectivity index (χ1) is 11.0. The molecule has 2 rings (SSSR count). The molecule has 0 unspecified atom stereocenters. The Morgan fingerprint density at radius 2 is 1.83 bits per heavy atom. The number of ether oxygens (including phenoxy) is 2. The van der Waals surface area contributed by atoms with Crippen LogP contribution in [0.2, 0.25) is 0 Å². The van der Waals surface area contributed by atoms with Crippen LogP contribution in [0.15, 0.2) is 36.4 Å². The Morgan fingerprint density at radius 1 is 1.13 bits per heavy atom. The second-order valence-electron chi connectivity index (χ2n) is 5.18. The molecule has 122 valence electrons. The van der Waals surface area contributed by atoms with Crippen LogP contribution in [0.1, 0.15) is 21.5 Å². The molecule has 0 aliphatic rings. The zero-order chi connectivity index (χ0) is 16.8. The molecule has 2 aromatic carbocycles. The summed E-state index contributed by atoms with van der Waals surface area (Å²) < 4.78 is 11.3. The van der Waals surface area contributed by atoms with Crippen molar-refractivity contribution in [2.75, 3.05) is 20.8 Å². The van der Waals surface area contributed by atoms with Gasteiger partial charge in [-0.3, -0.25) is 4.79 Å². The fourth-order valence-electron chi connectivity index (χ4n) is 2.31. The second kappa shape index (κ2) is 8.19. The molecule has 5 heteroatoms. The van der Waals surface area contributed by atoms with Gasteiger partial charge >= 0.3 is 0 Å². The number of carbonyl (C=O) groups excluding carboxylic acids is 1. The molecule has 0 bridgehead atoms. The maximum absolute atomic E-state index is 12.4. The lowest BCUT2D eigenvalue weighted by molar-refractivity contribution is 0.0953. The van der Waals surface area contributed by atoms with Gasteiger partial charge in [-0.15, -0.1) is 0 Å². The molecule has 0 saturated carbocycles. The van der Waals surface area contributed by atoms with Gasteiger partial charge in [0.15, 0.2) is 11.5 Å². The minimum atomic E-state index is -0.108. The van der Waals surface area contributed by atoms with Crippen LogP contribution in [0.3, 0.4) is 0 Å². The zero-order valence-corrected chi connectivity index (χ0v) is 15.6. The van der Waals surface area contributed by atoms with Crippen LogP contribution < -0.4 is 14.8 Å². The van der Waals surface area contributed by atoms with Crippen LogP contribution in [0.5, 0.6) is 11.5 Å². The maximum Gasteiger partial charge on any atom is 0.252 e. The molecule has 23 heavy (non-hydrogen) atoms. The maximum atomic E-state index is 12.4. The van der Waals surface area contributed by atoms with Crippen LogP contribution >= 0.6 is 22.6 Å². The van der Waals surface area contributed by atoms with E-state index in [1.54, 1.807) is 26.4 Å². The lowest BCUT2D eigenvalue weighted by atomic mass is 10.1. The van der Waals surface area contributed by atoms with Gasteiger partial charge in [0.2, 0.25) is 0 Å². The highest BCUT2D eigenvalue weighted by atomic mass is 127. The third-order valence-electron chi connectivity index (χ3n) is 3.50. The van der Waals surface area contributed by atoms with Crippen LogP contribution in [0, 0.1) is 10.5 Å². The molecule has 0 aromatic heterocycles. The quantitative estimate of drug-likeness (QED) is 0.720.